The van der Waals surface area contributed by atoms with E-state index in [2.05, 4.69) is 39.8 Å². The molecule has 0 radical (unpaired) electrons. The molecule has 0 saturated heterocycles. The van der Waals surface area contributed by atoms with E-state index in [1.807, 2.05) is 18.8 Å². The Balaban J connectivity index is 2.30. The average molecular weight is 377 g/mol. The van der Waals surface area contributed by atoms with Gasteiger partial charge in [-0.05, 0) is 41.2 Å². The maximum atomic E-state index is 4.82. The SMILES string of the molecule is CCSCc1nc(NC)c(I)c(C2CCCC2)n1. The number of hydrogen-bond acceptors (Lipinski definition) is 4. The molecule has 0 spiro atoms. The van der Waals surface area contributed by atoms with Gasteiger partial charge >= 0.3 is 0 Å². The Bertz CT molecular complexity index is 405. The van der Waals surface area contributed by atoms with E-state index in [9.17, 15) is 0 Å². The fourth-order valence-corrected chi connectivity index (χ4v) is 3.87. The first-order valence-corrected chi connectivity index (χ1v) is 8.81. The van der Waals surface area contributed by atoms with Crippen molar-refractivity contribution < 1.29 is 0 Å². The molecule has 1 fully saturated rings. The van der Waals surface area contributed by atoms with E-state index in [4.69, 9.17) is 4.98 Å². The molecule has 1 aromatic heterocycles. The summed E-state index contributed by atoms with van der Waals surface area (Å²) in [5.74, 6) is 4.66. The second kappa shape index (κ2) is 6.93. The average Bonchev–Trinajstić information content (AvgIpc) is 2.91. The molecule has 0 atom stereocenters. The fraction of sp³-hybridized carbons (Fsp3) is 0.692. The van der Waals surface area contributed by atoms with Gasteiger partial charge in [0.05, 0.1) is 15.0 Å². The lowest BCUT2D eigenvalue weighted by molar-refractivity contribution is 0.683. The Hall–Kier alpha value is -0.0400. The summed E-state index contributed by atoms with van der Waals surface area (Å²) in [6.07, 6.45) is 5.27. The highest BCUT2D eigenvalue weighted by Gasteiger charge is 2.23. The van der Waals surface area contributed by atoms with E-state index in [1.165, 1.54) is 34.9 Å². The molecule has 0 bridgehead atoms. The van der Waals surface area contributed by atoms with Crippen LogP contribution in [0.4, 0.5) is 5.82 Å². The monoisotopic (exact) mass is 377 g/mol. The van der Waals surface area contributed by atoms with Crippen LogP contribution in [-0.4, -0.2) is 22.8 Å². The minimum atomic E-state index is 0.650. The zero-order valence-corrected chi connectivity index (χ0v) is 14.0. The second-order valence-corrected chi connectivity index (χ2v) is 6.91. The van der Waals surface area contributed by atoms with Crippen LogP contribution >= 0.6 is 34.4 Å². The van der Waals surface area contributed by atoms with Crippen molar-refractivity contribution in [2.45, 2.75) is 44.3 Å². The highest BCUT2D eigenvalue weighted by Crippen LogP contribution is 2.37. The summed E-state index contributed by atoms with van der Waals surface area (Å²) < 4.78 is 1.22. The summed E-state index contributed by atoms with van der Waals surface area (Å²) in [6, 6.07) is 0. The number of rotatable bonds is 5. The molecule has 1 heterocycles. The second-order valence-electron chi connectivity index (χ2n) is 4.56. The molecule has 2 rings (SSSR count). The minimum absolute atomic E-state index is 0.650. The number of nitrogens with one attached hydrogen (secondary N) is 1. The summed E-state index contributed by atoms with van der Waals surface area (Å²) in [4.78, 5) is 9.43. The van der Waals surface area contributed by atoms with Gasteiger partial charge in [0.2, 0.25) is 0 Å². The van der Waals surface area contributed by atoms with Crippen molar-refractivity contribution in [3.05, 3.63) is 15.1 Å². The molecule has 5 heteroatoms. The summed E-state index contributed by atoms with van der Waals surface area (Å²) >= 11 is 4.27. The van der Waals surface area contributed by atoms with E-state index in [1.54, 1.807) is 0 Å². The normalized spacial score (nSPS) is 16.2. The predicted molar refractivity (Wildman–Crippen MR) is 87.3 cm³/mol. The summed E-state index contributed by atoms with van der Waals surface area (Å²) in [5, 5.41) is 3.21. The molecule has 1 saturated carbocycles. The predicted octanol–water partition coefficient (Wildman–Crippen LogP) is 4.03. The zero-order chi connectivity index (χ0) is 13.0. The maximum Gasteiger partial charge on any atom is 0.143 e. The Kier molecular flexibility index (Phi) is 5.54. The molecule has 0 aromatic carbocycles. The number of hydrogen-bond donors (Lipinski definition) is 1. The molecule has 0 unspecified atom stereocenters. The zero-order valence-electron chi connectivity index (χ0n) is 11.0. The lowest BCUT2D eigenvalue weighted by atomic mass is 10.0. The maximum absolute atomic E-state index is 4.82. The van der Waals surface area contributed by atoms with Crippen LogP contribution in [0.25, 0.3) is 0 Å². The van der Waals surface area contributed by atoms with E-state index in [-0.39, 0.29) is 0 Å². The van der Waals surface area contributed by atoms with Gasteiger partial charge in [-0.3, -0.25) is 0 Å². The number of aromatic nitrogens is 2. The van der Waals surface area contributed by atoms with Crippen LogP contribution in [0, 0.1) is 3.57 Å². The Morgan fingerprint density at radius 3 is 2.67 bits per heavy atom. The van der Waals surface area contributed by atoms with Gasteiger partial charge in [0.15, 0.2) is 0 Å². The minimum Gasteiger partial charge on any atom is -0.372 e. The van der Waals surface area contributed by atoms with Gasteiger partial charge in [-0.25, -0.2) is 9.97 Å². The summed E-state index contributed by atoms with van der Waals surface area (Å²) in [5.41, 5.74) is 1.28. The molecule has 0 aliphatic heterocycles. The largest absolute Gasteiger partial charge is 0.372 e. The Morgan fingerprint density at radius 1 is 1.33 bits per heavy atom. The molecular formula is C13H20IN3S. The van der Waals surface area contributed by atoms with Gasteiger partial charge < -0.3 is 5.32 Å². The van der Waals surface area contributed by atoms with Crippen LogP contribution < -0.4 is 5.32 Å². The van der Waals surface area contributed by atoms with Crippen molar-refractivity contribution >= 4 is 40.2 Å². The first kappa shape index (κ1) is 14.4. The Morgan fingerprint density at radius 2 is 2.06 bits per heavy atom. The molecular weight excluding hydrogens is 357 g/mol. The first-order valence-electron chi connectivity index (χ1n) is 6.58. The quantitative estimate of drug-likeness (QED) is 0.787. The van der Waals surface area contributed by atoms with Crippen LogP contribution in [0.3, 0.4) is 0 Å². The molecule has 3 nitrogen and oxygen atoms in total. The highest BCUT2D eigenvalue weighted by atomic mass is 127. The lowest BCUT2D eigenvalue weighted by Crippen LogP contribution is -2.09. The topological polar surface area (TPSA) is 37.8 Å². The molecule has 1 aliphatic rings. The van der Waals surface area contributed by atoms with E-state index < -0.39 is 0 Å². The van der Waals surface area contributed by atoms with Gasteiger partial charge in [-0.1, -0.05) is 19.8 Å². The highest BCUT2D eigenvalue weighted by molar-refractivity contribution is 14.1. The molecule has 0 amide bonds. The van der Waals surface area contributed by atoms with Crippen molar-refractivity contribution in [1.29, 1.82) is 0 Å². The van der Waals surface area contributed by atoms with Gasteiger partial charge in [0.25, 0.3) is 0 Å². The number of thioether (sulfide) groups is 1. The van der Waals surface area contributed by atoms with Crippen LogP contribution in [0.5, 0.6) is 0 Å². The van der Waals surface area contributed by atoms with Crippen molar-refractivity contribution in [1.82, 2.24) is 9.97 Å². The van der Waals surface area contributed by atoms with Gasteiger partial charge in [0.1, 0.15) is 11.6 Å². The van der Waals surface area contributed by atoms with E-state index in [0.29, 0.717) is 5.92 Å². The van der Waals surface area contributed by atoms with Gasteiger partial charge in [-0.15, -0.1) is 0 Å². The third-order valence-electron chi connectivity index (χ3n) is 3.34. The fourth-order valence-electron chi connectivity index (χ4n) is 2.41. The molecule has 18 heavy (non-hydrogen) atoms. The van der Waals surface area contributed by atoms with Crippen molar-refractivity contribution in [2.24, 2.45) is 0 Å². The summed E-state index contributed by atoms with van der Waals surface area (Å²) in [7, 11) is 1.94. The van der Waals surface area contributed by atoms with Gasteiger partial charge in [-0.2, -0.15) is 11.8 Å². The van der Waals surface area contributed by atoms with Gasteiger partial charge in [0, 0.05) is 13.0 Å². The van der Waals surface area contributed by atoms with Crippen LogP contribution in [0.15, 0.2) is 0 Å². The number of nitrogens with zero attached hydrogens (tertiary/aromatic N) is 2. The first-order chi connectivity index (χ1) is 8.76. The third kappa shape index (κ3) is 3.29. The van der Waals surface area contributed by atoms with Crippen molar-refractivity contribution in [2.75, 3.05) is 18.1 Å². The van der Waals surface area contributed by atoms with Crippen molar-refractivity contribution in [3.8, 4) is 0 Å². The molecule has 1 aromatic rings. The van der Waals surface area contributed by atoms with Crippen LogP contribution in [0.2, 0.25) is 0 Å². The smallest absolute Gasteiger partial charge is 0.143 e. The third-order valence-corrected chi connectivity index (χ3v) is 5.27. The summed E-state index contributed by atoms with van der Waals surface area (Å²) in [6.45, 7) is 2.17. The molecule has 1 aliphatic carbocycles. The van der Waals surface area contributed by atoms with Crippen LogP contribution in [-0.2, 0) is 5.75 Å². The van der Waals surface area contributed by atoms with E-state index >= 15 is 0 Å². The lowest BCUT2D eigenvalue weighted by Gasteiger charge is -2.15. The standard InChI is InChI=1S/C13H20IN3S/c1-3-18-8-10-16-12(9-6-4-5-7-9)11(14)13(15-2)17-10/h9H,3-8H2,1-2H3,(H,15,16,17). The molecule has 100 valence electrons. The number of anilines is 1. The molecule has 1 N–H and O–H groups in total. The number of halogens is 1. The Labute approximate surface area is 127 Å². The van der Waals surface area contributed by atoms with E-state index in [0.717, 1.165) is 23.1 Å². The van der Waals surface area contributed by atoms with Crippen molar-refractivity contribution in [3.63, 3.8) is 0 Å². The van der Waals surface area contributed by atoms with Crippen LogP contribution in [0.1, 0.15) is 50.0 Å².